The SMILES string of the molecule is CC(C)(C)OC(=O)N1CCC(O)(C#Cc2cc(-n3ccc4cnc(N)nc43)ccn2)CC1. The van der Waals surface area contributed by atoms with Crippen molar-refractivity contribution in [1.82, 2.24) is 24.4 Å². The first kappa shape index (κ1) is 21.6. The first-order valence-corrected chi connectivity index (χ1v) is 10.4. The van der Waals surface area contributed by atoms with E-state index in [1.165, 1.54) is 0 Å². The van der Waals surface area contributed by atoms with Crippen molar-refractivity contribution in [2.24, 2.45) is 0 Å². The Bertz CT molecular complexity index is 1210. The first-order chi connectivity index (χ1) is 15.1. The van der Waals surface area contributed by atoms with Crippen molar-refractivity contribution >= 4 is 23.1 Å². The molecule has 9 nitrogen and oxygen atoms in total. The van der Waals surface area contributed by atoms with Crippen LogP contribution in [-0.2, 0) is 4.74 Å². The minimum Gasteiger partial charge on any atom is -0.444 e. The quantitative estimate of drug-likeness (QED) is 0.565. The molecule has 3 aromatic rings. The molecule has 3 N–H and O–H groups in total. The molecular weight excluding hydrogens is 408 g/mol. The lowest BCUT2D eigenvalue weighted by Gasteiger charge is -2.35. The largest absolute Gasteiger partial charge is 0.444 e. The van der Waals surface area contributed by atoms with Crippen molar-refractivity contribution in [3.05, 3.63) is 42.5 Å². The molecule has 1 aliphatic heterocycles. The molecule has 9 heteroatoms. The zero-order chi connectivity index (χ0) is 22.9. The van der Waals surface area contributed by atoms with Gasteiger partial charge in [0.15, 0.2) is 0 Å². The van der Waals surface area contributed by atoms with Crippen LogP contribution in [0.15, 0.2) is 36.8 Å². The molecule has 0 saturated carbocycles. The average Bonchev–Trinajstić information content (AvgIpc) is 3.15. The van der Waals surface area contributed by atoms with Gasteiger partial charge in [-0.3, -0.25) is 0 Å². The van der Waals surface area contributed by atoms with Crippen molar-refractivity contribution in [3.8, 4) is 17.5 Å². The van der Waals surface area contributed by atoms with Gasteiger partial charge < -0.3 is 25.0 Å². The van der Waals surface area contributed by atoms with Crippen LogP contribution in [0.2, 0.25) is 0 Å². The monoisotopic (exact) mass is 434 g/mol. The summed E-state index contributed by atoms with van der Waals surface area (Å²) in [6.45, 7) is 6.25. The number of likely N-dealkylation sites (tertiary alicyclic amines) is 1. The van der Waals surface area contributed by atoms with Crippen LogP contribution in [0.1, 0.15) is 39.3 Å². The Labute approximate surface area is 186 Å². The summed E-state index contributed by atoms with van der Waals surface area (Å²) >= 11 is 0. The normalized spacial score (nSPS) is 15.8. The Morgan fingerprint density at radius 1 is 1.25 bits per heavy atom. The Hall–Kier alpha value is -3.64. The van der Waals surface area contributed by atoms with E-state index in [0.29, 0.717) is 37.3 Å². The zero-order valence-electron chi connectivity index (χ0n) is 18.4. The fraction of sp³-hybridized carbons (Fsp3) is 0.391. The number of nitrogen functional groups attached to an aromatic ring is 1. The Balaban J connectivity index is 1.49. The van der Waals surface area contributed by atoms with Crippen LogP contribution in [0.25, 0.3) is 16.7 Å². The number of carbonyl (C=O) groups is 1. The lowest BCUT2D eigenvalue weighted by Crippen LogP contribution is -2.47. The van der Waals surface area contributed by atoms with Gasteiger partial charge >= 0.3 is 6.09 Å². The van der Waals surface area contributed by atoms with Gasteiger partial charge in [-0.15, -0.1) is 0 Å². The number of aliphatic hydroxyl groups is 1. The maximum Gasteiger partial charge on any atom is 0.410 e. The molecule has 4 heterocycles. The van der Waals surface area contributed by atoms with Crippen LogP contribution in [0.3, 0.4) is 0 Å². The first-order valence-electron chi connectivity index (χ1n) is 10.4. The number of nitrogens with two attached hydrogens (primary N) is 1. The van der Waals surface area contributed by atoms with Crippen molar-refractivity contribution in [3.63, 3.8) is 0 Å². The molecule has 1 saturated heterocycles. The number of hydrogen-bond acceptors (Lipinski definition) is 7. The second-order valence-corrected chi connectivity index (χ2v) is 8.84. The predicted octanol–water partition coefficient (Wildman–Crippen LogP) is 2.51. The number of nitrogens with zero attached hydrogens (tertiary/aromatic N) is 5. The van der Waals surface area contributed by atoms with Crippen molar-refractivity contribution < 1.29 is 14.6 Å². The van der Waals surface area contributed by atoms with E-state index in [4.69, 9.17) is 10.5 Å². The Kier molecular flexibility index (Phi) is 5.48. The molecular formula is C23H26N6O3. The van der Waals surface area contributed by atoms with Crippen LogP contribution in [0.5, 0.6) is 0 Å². The molecule has 1 amide bonds. The number of anilines is 1. The highest BCUT2D eigenvalue weighted by atomic mass is 16.6. The van der Waals surface area contributed by atoms with Gasteiger partial charge in [-0.25, -0.2) is 14.8 Å². The molecule has 1 aliphatic rings. The lowest BCUT2D eigenvalue weighted by molar-refractivity contribution is -0.00514. The fourth-order valence-corrected chi connectivity index (χ4v) is 3.47. The number of rotatable bonds is 1. The van der Waals surface area contributed by atoms with Crippen molar-refractivity contribution in [2.75, 3.05) is 18.8 Å². The van der Waals surface area contributed by atoms with Gasteiger partial charge in [0, 0.05) is 49.9 Å². The van der Waals surface area contributed by atoms with Crippen LogP contribution < -0.4 is 5.73 Å². The molecule has 0 bridgehead atoms. The number of carbonyl (C=O) groups excluding carboxylic acids is 1. The topological polar surface area (TPSA) is 119 Å². The van der Waals surface area contributed by atoms with E-state index in [0.717, 1.165) is 11.1 Å². The molecule has 0 spiro atoms. The van der Waals surface area contributed by atoms with Gasteiger partial charge in [-0.05, 0) is 44.9 Å². The van der Waals surface area contributed by atoms with Crippen molar-refractivity contribution in [1.29, 1.82) is 0 Å². The summed E-state index contributed by atoms with van der Waals surface area (Å²) in [6.07, 6.45) is 5.53. The van der Waals surface area contributed by atoms with E-state index in [9.17, 15) is 9.90 Å². The molecule has 0 aliphatic carbocycles. The van der Waals surface area contributed by atoms with Gasteiger partial charge in [-0.2, -0.15) is 4.98 Å². The summed E-state index contributed by atoms with van der Waals surface area (Å²) < 4.78 is 7.28. The van der Waals surface area contributed by atoms with Crippen LogP contribution in [-0.4, -0.2) is 59.9 Å². The molecule has 3 aromatic heterocycles. The zero-order valence-corrected chi connectivity index (χ0v) is 18.4. The summed E-state index contributed by atoms with van der Waals surface area (Å²) in [5.74, 6) is 6.13. The Morgan fingerprint density at radius 2 is 2.00 bits per heavy atom. The highest BCUT2D eigenvalue weighted by Gasteiger charge is 2.34. The van der Waals surface area contributed by atoms with Crippen LogP contribution in [0, 0.1) is 11.8 Å². The Morgan fingerprint density at radius 3 is 2.72 bits per heavy atom. The lowest BCUT2D eigenvalue weighted by atomic mass is 9.92. The van der Waals surface area contributed by atoms with E-state index in [1.54, 1.807) is 17.3 Å². The summed E-state index contributed by atoms with van der Waals surface area (Å²) in [4.78, 5) is 26.5. The van der Waals surface area contributed by atoms with Crippen LogP contribution in [0.4, 0.5) is 10.7 Å². The number of pyridine rings is 1. The smallest absolute Gasteiger partial charge is 0.410 e. The average molecular weight is 435 g/mol. The third-order valence-corrected chi connectivity index (χ3v) is 5.13. The molecule has 1 fully saturated rings. The number of aromatic nitrogens is 4. The fourth-order valence-electron chi connectivity index (χ4n) is 3.47. The van der Waals surface area contributed by atoms with E-state index < -0.39 is 11.2 Å². The van der Waals surface area contributed by atoms with Gasteiger partial charge in [-0.1, -0.05) is 5.92 Å². The predicted molar refractivity (Wildman–Crippen MR) is 120 cm³/mol. The minimum atomic E-state index is -1.18. The number of piperidine rings is 1. The summed E-state index contributed by atoms with van der Waals surface area (Å²) in [7, 11) is 0. The molecule has 166 valence electrons. The molecule has 0 aromatic carbocycles. The summed E-state index contributed by atoms with van der Waals surface area (Å²) in [5.41, 5.74) is 6.04. The summed E-state index contributed by atoms with van der Waals surface area (Å²) in [6, 6.07) is 5.57. The van der Waals surface area contributed by atoms with Crippen LogP contribution >= 0.6 is 0 Å². The number of hydrogen-bond donors (Lipinski definition) is 2. The third kappa shape index (κ3) is 4.81. The van der Waals surface area contributed by atoms with E-state index in [1.807, 2.05) is 49.7 Å². The third-order valence-electron chi connectivity index (χ3n) is 5.13. The maximum absolute atomic E-state index is 12.2. The van der Waals surface area contributed by atoms with E-state index in [2.05, 4.69) is 26.8 Å². The molecule has 32 heavy (non-hydrogen) atoms. The molecule has 0 unspecified atom stereocenters. The van der Waals surface area contributed by atoms with Gasteiger partial charge in [0.2, 0.25) is 5.95 Å². The van der Waals surface area contributed by atoms with Crippen molar-refractivity contribution in [2.45, 2.75) is 44.8 Å². The van der Waals surface area contributed by atoms with Gasteiger partial charge in [0.05, 0.1) is 5.69 Å². The van der Waals surface area contributed by atoms with E-state index in [-0.39, 0.29) is 12.0 Å². The highest BCUT2D eigenvalue weighted by Crippen LogP contribution is 2.24. The molecule has 0 atom stereocenters. The molecule has 4 rings (SSSR count). The second kappa shape index (κ2) is 8.13. The minimum absolute atomic E-state index is 0.200. The van der Waals surface area contributed by atoms with Gasteiger partial charge in [0.1, 0.15) is 22.5 Å². The second-order valence-electron chi connectivity index (χ2n) is 8.84. The highest BCUT2D eigenvalue weighted by molar-refractivity contribution is 5.78. The molecule has 0 radical (unpaired) electrons. The standard InChI is InChI=1S/C23H26N6O3/c1-22(2,3)32-21(30)28-12-8-23(31,9-13-28)7-4-17-14-18(5-10-25-17)29-11-6-16-15-26-20(24)27-19(16)29/h5-6,10-11,14-15,31H,8-9,12-13H2,1-3H3,(H2,24,26,27). The van der Waals surface area contributed by atoms with Gasteiger partial charge in [0.25, 0.3) is 0 Å². The maximum atomic E-state index is 12.2. The van der Waals surface area contributed by atoms with E-state index >= 15 is 0 Å². The number of ether oxygens (including phenoxy) is 1. The number of fused-ring (bicyclic) bond motifs is 1. The number of amides is 1. The summed E-state index contributed by atoms with van der Waals surface area (Å²) in [5, 5.41) is 11.7.